The predicted octanol–water partition coefficient (Wildman–Crippen LogP) is 4.95. The summed E-state index contributed by atoms with van der Waals surface area (Å²) < 4.78 is 0. The Bertz CT molecular complexity index is 541. The van der Waals surface area contributed by atoms with Gasteiger partial charge < -0.3 is 5.32 Å². The third-order valence-corrected chi connectivity index (χ3v) is 5.81. The van der Waals surface area contributed by atoms with E-state index in [2.05, 4.69) is 52.1 Å². The van der Waals surface area contributed by atoms with Gasteiger partial charge in [-0.15, -0.1) is 0 Å². The van der Waals surface area contributed by atoms with Crippen molar-refractivity contribution in [2.45, 2.75) is 47.5 Å². The summed E-state index contributed by atoms with van der Waals surface area (Å²) in [5, 5.41) is 3.18. The van der Waals surface area contributed by atoms with Crippen LogP contribution in [0.2, 0.25) is 0 Å². The van der Waals surface area contributed by atoms with E-state index in [1.165, 1.54) is 5.56 Å². The van der Waals surface area contributed by atoms with Crippen molar-refractivity contribution in [2.75, 3.05) is 5.32 Å². The van der Waals surface area contributed by atoms with Gasteiger partial charge in [0.2, 0.25) is 0 Å². The molecule has 0 amide bonds. The number of aryl methyl sites for hydroxylation is 1. The van der Waals surface area contributed by atoms with Gasteiger partial charge in [-0.25, -0.2) is 0 Å². The standard InChI is InChI=1S/C19H27NO/c1-14-6-8-16(9-7-14)20-13-11-17(21)19(5)12-10-15(2)18(19,3)4/h6-9,11,13,15,20H,10,12H2,1-5H3/b13-11-/t15-,19+/m1/s1. The van der Waals surface area contributed by atoms with Gasteiger partial charge in [0.25, 0.3) is 0 Å². The second-order valence-electron chi connectivity index (χ2n) is 7.20. The highest BCUT2D eigenvalue weighted by molar-refractivity contribution is 5.95. The fourth-order valence-corrected chi connectivity index (χ4v) is 3.22. The summed E-state index contributed by atoms with van der Waals surface area (Å²) in [6.45, 7) is 10.9. The quantitative estimate of drug-likeness (QED) is 0.793. The summed E-state index contributed by atoms with van der Waals surface area (Å²) in [5.74, 6) is 0.821. The van der Waals surface area contributed by atoms with Crippen LogP contribution in [0.25, 0.3) is 0 Å². The van der Waals surface area contributed by atoms with Gasteiger partial charge in [-0.2, -0.15) is 0 Å². The number of hydrogen-bond donors (Lipinski definition) is 1. The second kappa shape index (κ2) is 5.67. The van der Waals surface area contributed by atoms with Crippen LogP contribution in [-0.2, 0) is 4.79 Å². The lowest BCUT2D eigenvalue weighted by atomic mass is 9.64. The first-order valence-corrected chi connectivity index (χ1v) is 7.81. The highest BCUT2D eigenvalue weighted by atomic mass is 16.1. The number of anilines is 1. The Morgan fingerprint density at radius 1 is 1.24 bits per heavy atom. The molecule has 1 aromatic rings. The summed E-state index contributed by atoms with van der Waals surface area (Å²) in [4.78, 5) is 12.6. The summed E-state index contributed by atoms with van der Waals surface area (Å²) in [7, 11) is 0. The van der Waals surface area contributed by atoms with E-state index in [0.717, 1.165) is 18.5 Å². The van der Waals surface area contributed by atoms with Gasteiger partial charge in [0.1, 0.15) is 0 Å². The summed E-state index contributed by atoms with van der Waals surface area (Å²) in [6, 6.07) is 8.16. The van der Waals surface area contributed by atoms with Gasteiger partial charge in [0.05, 0.1) is 0 Å². The van der Waals surface area contributed by atoms with Gasteiger partial charge in [0.15, 0.2) is 5.78 Å². The lowest BCUT2D eigenvalue weighted by Crippen LogP contribution is -2.39. The van der Waals surface area contributed by atoms with Crippen LogP contribution in [0.5, 0.6) is 0 Å². The van der Waals surface area contributed by atoms with Crippen molar-refractivity contribution >= 4 is 11.5 Å². The highest BCUT2D eigenvalue weighted by Gasteiger charge is 2.52. The molecule has 0 aromatic heterocycles. The minimum Gasteiger partial charge on any atom is -0.362 e. The highest BCUT2D eigenvalue weighted by Crippen LogP contribution is 2.56. The van der Waals surface area contributed by atoms with Crippen LogP contribution in [0.4, 0.5) is 5.69 Å². The van der Waals surface area contributed by atoms with Crippen molar-refractivity contribution < 1.29 is 4.79 Å². The average Bonchev–Trinajstić information content (AvgIpc) is 2.65. The number of nitrogens with one attached hydrogen (secondary N) is 1. The number of ketones is 1. The van der Waals surface area contributed by atoms with E-state index < -0.39 is 0 Å². The Labute approximate surface area is 128 Å². The Kier molecular flexibility index (Phi) is 4.27. The molecule has 1 aliphatic rings. The van der Waals surface area contributed by atoms with Gasteiger partial charge >= 0.3 is 0 Å². The maximum atomic E-state index is 12.6. The normalized spacial score (nSPS) is 28.0. The second-order valence-corrected chi connectivity index (χ2v) is 7.20. The molecular formula is C19H27NO. The van der Waals surface area contributed by atoms with Crippen LogP contribution in [-0.4, -0.2) is 5.78 Å². The van der Waals surface area contributed by atoms with Crippen LogP contribution in [0.3, 0.4) is 0 Å². The molecule has 1 fully saturated rings. The fraction of sp³-hybridized carbons (Fsp3) is 0.526. The molecule has 0 heterocycles. The Morgan fingerprint density at radius 3 is 2.38 bits per heavy atom. The summed E-state index contributed by atoms with van der Waals surface area (Å²) >= 11 is 0. The molecule has 0 radical (unpaired) electrons. The molecule has 0 unspecified atom stereocenters. The summed E-state index contributed by atoms with van der Waals surface area (Å²) in [6.07, 6.45) is 5.60. The van der Waals surface area contributed by atoms with E-state index in [1.54, 1.807) is 12.3 Å². The van der Waals surface area contributed by atoms with Crippen LogP contribution in [0, 0.1) is 23.7 Å². The van der Waals surface area contributed by atoms with Crippen molar-refractivity contribution in [2.24, 2.45) is 16.7 Å². The zero-order chi connectivity index (χ0) is 15.7. The predicted molar refractivity (Wildman–Crippen MR) is 89.2 cm³/mol. The van der Waals surface area contributed by atoms with Crippen molar-refractivity contribution in [3.63, 3.8) is 0 Å². The molecule has 2 atom stereocenters. The van der Waals surface area contributed by atoms with Crippen molar-refractivity contribution in [1.82, 2.24) is 0 Å². The molecular weight excluding hydrogens is 258 g/mol. The molecule has 21 heavy (non-hydrogen) atoms. The number of allylic oxidation sites excluding steroid dienone is 1. The van der Waals surface area contributed by atoms with Crippen LogP contribution >= 0.6 is 0 Å². The van der Waals surface area contributed by atoms with Gasteiger partial charge in [-0.1, -0.05) is 45.4 Å². The first kappa shape index (κ1) is 15.8. The van der Waals surface area contributed by atoms with E-state index >= 15 is 0 Å². The SMILES string of the molecule is Cc1ccc(N/C=C\C(=O)[C@]2(C)CC[C@@H](C)C2(C)C)cc1. The molecule has 2 rings (SSSR count). The fourth-order valence-electron chi connectivity index (χ4n) is 3.22. The minimum absolute atomic E-state index is 0.0539. The molecule has 0 aliphatic heterocycles. The average molecular weight is 285 g/mol. The maximum Gasteiger partial charge on any atom is 0.163 e. The largest absolute Gasteiger partial charge is 0.362 e. The zero-order valence-corrected chi connectivity index (χ0v) is 13.9. The lowest BCUT2D eigenvalue weighted by Gasteiger charge is -2.39. The lowest BCUT2D eigenvalue weighted by molar-refractivity contribution is -0.128. The monoisotopic (exact) mass is 285 g/mol. The van der Waals surface area contributed by atoms with E-state index in [0.29, 0.717) is 5.92 Å². The molecule has 1 saturated carbocycles. The molecule has 114 valence electrons. The van der Waals surface area contributed by atoms with Gasteiger partial charge in [-0.3, -0.25) is 4.79 Å². The van der Waals surface area contributed by atoms with E-state index in [1.807, 2.05) is 12.1 Å². The van der Waals surface area contributed by atoms with Crippen LogP contribution < -0.4 is 5.32 Å². The Balaban J connectivity index is 2.04. The molecule has 1 aliphatic carbocycles. The molecule has 2 heteroatoms. The Morgan fingerprint density at radius 2 is 1.86 bits per heavy atom. The number of benzene rings is 1. The van der Waals surface area contributed by atoms with Crippen molar-refractivity contribution in [3.05, 3.63) is 42.1 Å². The molecule has 1 N–H and O–H groups in total. The van der Waals surface area contributed by atoms with E-state index in [4.69, 9.17) is 0 Å². The number of carbonyl (C=O) groups excluding carboxylic acids is 1. The number of hydrogen-bond acceptors (Lipinski definition) is 2. The maximum absolute atomic E-state index is 12.6. The van der Waals surface area contributed by atoms with Crippen molar-refractivity contribution in [1.29, 1.82) is 0 Å². The molecule has 0 bridgehead atoms. The van der Waals surface area contributed by atoms with E-state index in [9.17, 15) is 4.79 Å². The number of carbonyl (C=O) groups is 1. The third-order valence-electron chi connectivity index (χ3n) is 5.81. The van der Waals surface area contributed by atoms with Crippen molar-refractivity contribution in [3.8, 4) is 0 Å². The number of rotatable bonds is 4. The topological polar surface area (TPSA) is 29.1 Å². The molecule has 0 saturated heterocycles. The van der Waals surface area contributed by atoms with Gasteiger partial charge in [0, 0.05) is 17.3 Å². The molecule has 0 spiro atoms. The minimum atomic E-state index is -0.252. The first-order chi connectivity index (χ1) is 9.77. The Hall–Kier alpha value is -1.57. The van der Waals surface area contributed by atoms with Gasteiger partial charge in [-0.05, 0) is 49.3 Å². The zero-order valence-electron chi connectivity index (χ0n) is 13.9. The van der Waals surface area contributed by atoms with E-state index in [-0.39, 0.29) is 16.6 Å². The molecule has 1 aromatic carbocycles. The van der Waals surface area contributed by atoms with Crippen LogP contribution in [0.15, 0.2) is 36.5 Å². The summed E-state index contributed by atoms with van der Waals surface area (Å²) in [5.41, 5.74) is 2.04. The van der Waals surface area contributed by atoms with Crippen LogP contribution in [0.1, 0.15) is 46.1 Å². The molecule has 2 nitrogen and oxygen atoms in total. The first-order valence-electron chi connectivity index (χ1n) is 7.81. The smallest absolute Gasteiger partial charge is 0.163 e. The third kappa shape index (κ3) is 2.90.